The van der Waals surface area contributed by atoms with Crippen LogP contribution in [0, 0.1) is 6.92 Å². The molecular formula is C10H14N4O. The minimum atomic E-state index is 0.0519. The number of nitrogens with one attached hydrogen (secondary N) is 1. The lowest BCUT2D eigenvalue weighted by Crippen LogP contribution is -2.29. The van der Waals surface area contributed by atoms with E-state index in [-0.39, 0.29) is 5.91 Å². The second kappa shape index (κ2) is 3.84. The van der Waals surface area contributed by atoms with Crippen LogP contribution in [0.15, 0.2) is 6.20 Å². The zero-order valence-corrected chi connectivity index (χ0v) is 8.95. The number of carbonyl (C=O) groups is 1. The molecule has 0 spiro atoms. The average Bonchev–Trinajstić information content (AvgIpc) is 2.40. The summed E-state index contributed by atoms with van der Waals surface area (Å²) in [5.74, 6) is 0.763. The molecule has 0 fully saturated rings. The van der Waals surface area contributed by atoms with Gasteiger partial charge in [0.15, 0.2) is 5.82 Å². The molecule has 0 unspecified atom stereocenters. The topological polar surface area (TPSA) is 58.1 Å². The molecule has 1 N–H and O–H groups in total. The zero-order valence-electron chi connectivity index (χ0n) is 8.95. The van der Waals surface area contributed by atoms with Crippen LogP contribution in [-0.2, 0) is 4.79 Å². The first-order valence-electron chi connectivity index (χ1n) is 5.04. The highest BCUT2D eigenvalue weighted by atomic mass is 16.2. The van der Waals surface area contributed by atoms with Crippen molar-refractivity contribution in [3.8, 4) is 0 Å². The summed E-state index contributed by atoms with van der Waals surface area (Å²) >= 11 is 0. The predicted molar refractivity (Wildman–Crippen MR) is 57.9 cm³/mol. The molecule has 2 heterocycles. The van der Waals surface area contributed by atoms with Crippen molar-refractivity contribution in [2.75, 3.05) is 23.3 Å². The lowest BCUT2D eigenvalue weighted by Gasteiger charge is -2.21. The Hall–Kier alpha value is -1.65. The van der Waals surface area contributed by atoms with Crippen molar-refractivity contribution >= 4 is 17.4 Å². The Balaban J connectivity index is 2.51. The van der Waals surface area contributed by atoms with Gasteiger partial charge in [0, 0.05) is 20.0 Å². The molecule has 0 aromatic carbocycles. The standard InChI is InChI=1S/C10H14N4O/c1-7-6-12-13-10-9(7)14(8(2)15)5-3-4-11-10/h6H,3-5H2,1-2H3,(H,11,13). The molecule has 5 nitrogen and oxygen atoms in total. The monoisotopic (exact) mass is 206 g/mol. The first kappa shape index (κ1) is 9.89. The SMILES string of the molecule is CC(=O)N1CCCNc2nncc(C)c21. The van der Waals surface area contributed by atoms with Crippen LogP contribution < -0.4 is 10.2 Å². The van der Waals surface area contributed by atoms with Gasteiger partial charge in [-0.2, -0.15) is 5.10 Å². The molecule has 1 aromatic rings. The van der Waals surface area contributed by atoms with Crippen molar-refractivity contribution in [2.45, 2.75) is 20.3 Å². The first-order valence-corrected chi connectivity index (χ1v) is 5.04. The maximum Gasteiger partial charge on any atom is 0.223 e. The van der Waals surface area contributed by atoms with Gasteiger partial charge in [0.25, 0.3) is 0 Å². The van der Waals surface area contributed by atoms with Crippen molar-refractivity contribution in [1.29, 1.82) is 0 Å². The average molecular weight is 206 g/mol. The fourth-order valence-electron chi connectivity index (χ4n) is 1.80. The molecule has 0 bridgehead atoms. The third-order valence-electron chi connectivity index (χ3n) is 2.51. The van der Waals surface area contributed by atoms with Gasteiger partial charge in [0.2, 0.25) is 5.91 Å². The smallest absolute Gasteiger partial charge is 0.223 e. The van der Waals surface area contributed by atoms with Crippen molar-refractivity contribution in [3.05, 3.63) is 11.8 Å². The minimum Gasteiger partial charge on any atom is -0.367 e. The highest BCUT2D eigenvalue weighted by Crippen LogP contribution is 2.28. The van der Waals surface area contributed by atoms with Gasteiger partial charge < -0.3 is 10.2 Å². The summed E-state index contributed by atoms with van der Waals surface area (Å²) in [6.07, 6.45) is 2.61. The highest BCUT2D eigenvalue weighted by Gasteiger charge is 2.21. The summed E-state index contributed by atoms with van der Waals surface area (Å²) in [5, 5.41) is 11.1. The van der Waals surface area contributed by atoms with Gasteiger partial charge in [-0.1, -0.05) is 0 Å². The van der Waals surface area contributed by atoms with Crippen LogP contribution in [-0.4, -0.2) is 29.2 Å². The summed E-state index contributed by atoms with van der Waals surface area (Å²) in [5.41, 5.74) is 1.85. The quantitative estimate of drug-likeness (QED) is 0.686. The van der Waals surface area contributed by atoms with Gasteiger partial charge in [0.05, 0.1) is 11.9 Å². The normalized spacial score (nSPS) is 15.2. The Morgan fingerprint density at radius 2 is 2.40 bits per heavy atom. The van der Waals surface area contributed by atoms with Gasteiger partial charge in [0.1, 0.15) is 0 Å². The highest BCUT2D eigenvalue weighted by molar-refractivity contribution is 5.95. The fraction of sp³-hybridized carbons (Fsp3) is 0.500. The summed E-state index contributed by atoms with van der Waals surface area (Å²) in [6, 6.07) is 0. The molecule has 0 radical (unpaired) electrons. The van der Waals surface area contributed by atoms with Crippen LogP contribution in [0.3, 0.4) is 0 Å². The maximum absolute atomic E-state index is 11.5. The fourth-order valence-corrected chi connectivity index (χ4v) is 1.80. The first-order chi connectivity index (χ1) is 7.20. The van der Waals surface area contributed by atoms with Gasteiger partial charge in [-0.05, 0) is 18.9 Å². The molecule has 1 aromatic heterocycles. The van der Waals surface area contributed by atoms with Crippen LogP contribution in [0.1, 0.15) is 18.9 Å². The summed E-state index contributed by atoms with van der Waals surface area (Å²) in [4.78, 5) is 13.3. The molecule has 0 saturated carbocycles. The van der Waals surface area contributed by atoms with E-state index in [1.54, 1.807) is 18.0 Å². The molecule has 1 aliphatic heterocycles. The summed E-state index contributed by atoms with van der Waals surface area (Å²) in [7, 11) is 0. The lowest BCUT2D eigenvalue weighted by atomic mass is 10.2. The van der Waals surface area contributed by atoms with Crippen molar-refractivity contribution < 1.29 is 4.79 Å². The second-order valence-electron chi connectivity index (χ2n) is 3.68. The van der Waals surface area contributed by atoms with Crippen LogP contribution >= 0.6 is 0 Å². The molecule has 5 heteroatoms. The number of carbonyl (C=O) groups excluding carboxylic acids is 1. The van der Waals surface area contributed by atoms with Gasteiger partial charge in [-0.15, -0.1) is 5.10 Å². The number of nitrogens with zero attached hydrogens (tertiary/aromatic N) is 3. The molecular weight excluding hydrogens is 192 g/mol. The van der Waals surface area contributed by atoms with E-state index in [4.69, 9.17) is 0 Å². The zero-order chi connectivity index (χ0) is 10.8. The van der Waals surface area contributed by atoms with Crippen LogP contribution in [0.2, 0.25) is 0 Å². The largest absolute Gasteiger partial charge is 0.367 e. The van der Waals surface area contributed by atoms with E-state index < -0.39 is 0 Å². The predicted octanol–water partition coefficient (Wildman–Crippen LogP) is 0.954. The van der Waals surface area contributed by atoms with Crippen molar-refractivity contribution in [3.63, 3.8) is 0 Å². The number of amides is 1. The van der Waals surface area contributed by atoms with Crippen molar-refractivity contribution in [1.82, 2.24) is 10.2 Å². The van der Waals surface area contributed by atoms with Crippen LogP contribution in [0.5, 0.6) is 0 Å². The Labute approximate surface area is 88.5 Å². The Morgan fingerprint density at radius 3 is 3.13 bits per heavy atom. The van der Waals surface area contributed by atoms with Crippen molar-refractivity contribution in [2.24, 2.45) is 0 Å². The molecule has 1 amide bonds. The second-order valence-corrected chi connectivity index (χ2v) is 3.68. The number of aromatic nitrogens is 2. The van der Waals surface area contributed by atoms with E-state index in [2.05, 4.69) is 15.5 Å². The summed E-state index contributed by atoms with van der Waals surface area (Å²) in [6.45, 7) is 5.09. The van der Waals surface area contributed by atoms with E-state index in [0.717, 1.165) is 30.8 Å². The minimum absolute atomic E-state index is 0.0519. The van der Waals surface area contributed by atoms with E-state index in [0.29, 0.717) is 5.82 Å². The van der Waals surface area contributed by atoms with Crippen LogP contribution in [0.25, 0.3) is 0 Å². The number of fused-ring (bicyclic) bond motifs is 1. The molecule has 0 aliphatic carbocycles. The lowest BCUT2D eigenvalue weighted by molar-refractivity contribution is -0.116. The van der Waals surface area contributed by atoms with E-state index in [1.807, 2.05) is 6.92 Å². The Kier molecular flexibility index (Phi) is 2.53. The number of hydrogen-bond donors (Lipinski definition) is 1. The number of aryl methyl sites for hydroxylation is 1. The van der Waals surface area contributed by atoms with Gasteiger partial charge in [-0.25, -0.2) is 0 Å². The summed E-state index contributed by atoms with van der Waals surface area (Å²) < 4.78 is 0. The number of anilines is 2. The van der Waals surface area contributed by atoms with Gasteiger partial charge in [-0.3, -0.25) is 4.79 Å². The number of hydrogen-bond acceptors (Lipinski definition) is 4. The molecule has 15 heavy (non-hydrogen) atoms. The molecule has 80 valence electrons. The van der Waals surface area contributed by atoms with Crippen LogP contribution in [0.4, 0.5) is 11.5 Å². The molecule has 0 saturated heterocycles. The van der Waals surface area contributed by atoms with E-state index in [1.165, 1.54) is 0 Å². The third kappa shape index (κ3) is 1.77. The molecule has 2 rings (SSSR count). The third-order valence-corrected chi connectivity index (χ3v) is 2.51. The number of rotatable bonds is 0. The van der Waals surface area contributed by atoms with E-state index in [9.17, 15) is 4.79 Å². The Bertz CT molecular complexity index is 391. The molecule has 0 atom stereocenters. The van der Waals surface area contributed by atoms with Gasteiger partial charge >= 0.3 is 0 Å². The maximum atomic E-state index is 11.5. The molecule has 1 aliphatic rings. The van der Waals surface area contributed by atoms with E-state index >= 15 is 0 Å². The Morgan fingerprint density at radius 1 is 1.60 bits per heavy atom.